The van der Waals surface area contributed by atoms with Gasteiger partial charge in [-0.3, -0.25) is 9.97 Å². The van der Waals surface area contributed by atoms with Gasteiger partial charge in [0.15, 0.2) is 0 Å². The van der Waals surface area contributed by atoms with Gasteiger partial charge in [0.05, 0.1) is 0 Å². The van der Waals surface area contributed by atoms with E-state index in [9.17, 15) is 0 Å². The Kier molecular flexibility index (Phi) is 21.3. The summed E-state index contributed by atoms with van der Waals surface area (Å²) in [5.74, 6) is 1.22. The standard InChI is InChI=1S/2C6H7NS.2ClH.Zr/c2*8-5-6-3-1-2-4-7-6;;;/h2*1-4,8H,5H2;2*1H;/q;;;;+4/p-4. The van der Waals surface area contributed by atoms with Crippen molar-refractivity contribution >= 4 is 25.3 Å². The van der Waals surface area contributed by atoms with Gasteiger partial charge in [0.25, 0.3) is 0 Å². The molecule has 7 heteroatoms. The zero-order valence-electron chi connectivity index (χ0n) is 10.00. The van der Waals surface area contributed by atoms with Gasteiger partial charge in [0.2, 0.25) is 0 Å². The van der Waals surface area contributed by atoms with Crippen molar-refractivity contribution in [3.63, 3.8) is 0 Å². The quantitative estimate of drug-likeness (QED) is 0.476. The van der Waals surface area contributed by atoms with Crippen LogP contribution in [-0.4, -0.2) is 9.97 Å². The summed E-state index contributed by atoms with van der Waals surface area (Å²) >= 11 is 9.51. The van der Waals surface area contributed by atoms with Crippen LogP contribution < -0.4 is 24.8 Å². The molecule has 0 radical (unpaired) electrons. The summed E-state index contributed by atoms with van der Waals surface area (Å²) in [6.07, 6.45) is 3.50. The first-order valence-electron chi connectivity index (χ1n) is 4.83. The third kappa shape index (κ3) is 12.0. The number of halogens is 2. The van der Waals surface area contributed by atoms with Crippen LogP contribution in [0.4, 0.5) is 0 Å². The van der Waals surface area contributed by atoms with Gasteiger partial charge in [-0.05, 0) is 24.3 Å². The van der Waals surface area contributed by atoms with Crippen LogP contribution in [0.3, 0.4) is 0 Å². The molecule has 0 N–H and O–H groups in total. The first kappa shape index (κ1) is 24.5. The van der Waals surface area contributed by atoms with Crippen LogP contribution in [0.5, 0.6) is 0 Å². The Morgan fingerprint density at radius 1 is 0.737 bits per heavy atom. The van der Waals surface area contributed by atoms with Gasteiger partial charge in [0, 0.05) is 23.8 Å². The van der Waals surface area contributed by atoms with Crippen molar-refractivity contribution in [2.24, 2.45) is 0 Å². The van der Waals surface area contributed by atoms with Crippen molar-refractivity contribution in [2.45, 2.75) is 11.5 Å². The molecule has 2 nitrogen and oxygen atoms in total. The van der Waals surface area contributed by atoms with Crippen LogP contribution >= 0.6 is 0 Å². The molecular weight excluding hydrogens is 398 g/mol. The average molecular weight is 411 g/mol. The monoisotopic (exact) mass is 408 g/mol. The van der Waals surface area contributed by atoms with Gasteiger partial charge in [-0.2, -0.15) is 0 Å². The summed E-state index contributed by atoms with van der Waals surface area (Å²) in [6, 6.07) is 11.5. The molecule has 0 saturated carbocycles. The number of hydrogen-bond acceptors (Lipinski definition) is 4. The Morgan fingerprint density at radius 3 is 1.26 bits per heavy atom. The number of aromatic nitrogens is 2. The van der Waals surface area contributed by atoms with Crippen molar-refractivity contribution in [1.29, 1.82) is 0 Å². The largest absolute Gasteiger partial charge is 4.00 e. The molecule has 0 fully saturated rings. The third-order valence-corrected chi connectivity index (χ3v) is 2.34. The normalized spacial score (nSPS) is 7.68. The second-order valence-corrected chi connectivity index (χ2v) is 3.51. The van der Waals surface area contributed by atoms with E-state index in [2.05, 4.69) is 9.97 Å². The molecule has 0 atom stereocenters. The summed E-state index contributed by atoms with van der Waals surface area (Å²) in [7, 11) is 0. The Bertz CT molecular complexity index is 354. The predicted molar refractivity (Wildman–Crippen MR) is 70.6 cm³/mol. The zero-order valence-corrected chi connectivity index (χ0v) is 15.6. The van der Waals surface area contributed by atoms with Gasteiger partial charge < -0.3 is 50.1 Å². The summed E-state index contributed by atoms with van der Waals surface area (Å²) < 4.78 is 0. The maximum absolute atomic E-state index is 4.76. The minimum atomic E-state index is 0. The van der Waals surface area contributed by atoms with E-state index in [-0.39, 0.29) is 51.0 Å². The Labute approximate surface area is 157 Å². The van der Waals surface area contributed by atoms with Crippen molar-refractivity contribution in [3.05, 3.63) is 60.2 Å². The molecule has 0 aromatic carbocycles. The number of rotatable bonds is 2. The fourth-order valence-corrected chi connectivity index (χ4v) is 1.31. The van der Waals surface area contributed by atoms with E-state index >= 15 is 0 Å². The molecule has 2 heterocycles. The molecule has 2 rings (SSSR count). The molecule has 0 unspecified atom stereocenters. The maximum Gasteiger partial charge on any atom is 4.00 e. The molecule has 0 aliphatic carbocycles. The molecule has 100 valence electrons. The summed E-state index contributed by atoms with van der Waals surface area (Å²) in [4.78, 5) is 7.99. The summed E-state index contributed by atoms with van der Waals surface area (Å²) in [6.45, 7) is 0. The van der Waals surface area contributed by atoms with E-state index < -0.39 is 0 Å². The molecule has 2 aromatic heterocycles. The molecule has 2 aromatic rings. The van der Waals surface area contributed by atoms with Crippen LogP contribution in [0.15, 0.2) is 48.8 Å². The van der Waals surface area contributed by atoms with Gasteiger partial charge in [-0.25, -0.2) is 0 Å². The molecule has 0 bridgehead atoms. The fraction of sp³-hybridized carbons (Fsp3) is 0.167. The van der Waals surface area contributed by atoms with Crippen molar-refractivity contribution < 1.29 is 51.0 Å². The Balaban J connectivity index is -0.000000233. The average Bonchev–Trinajstić information content (AvgIpc) is 2.41. The van der Waals surface area contributed by atoms with Crippen molar-refractivity contribution in [3.8, 4) is 0 Å². The summed E-state index contributed by atoms with van der Waals surface area (Å²) in [5.41, 5.74) is 1.95. The summed E-state index contributed by atoms with van der Waals surface area (Å²) in [5, 5.41) is 0. The van der Waals surface area contributed by atoms with E-state index in [1.165, 1.54) is 0 Å². The number of nitrogens with zero attached hydrogens (tertiary/aromatic N) is 2. The van der Waals surface area contributed by atoms with Gasteiger partial charge >= 0.3 is 26.2 Å². The van der Waals surface area contributed by atoms with Crippen LogP contribution in [0.2, 0.25) is 0 Å². The molecule has 0 aliphatic heterocycles. The molecule has 19 heavy (non-hydrogen) atoms. The molecule has 0 amide bonds. The van der Waals surface area contributed by atoms with E-state index in [4.69, 9.17) is 25.3 Å². The zero-order chi connectivity index (χ0) is 11.6. The van der Waals surface area contributed by atoms with Gasteiger partial charge in [0.1, 0.15) is 0 Å². The SMILES string of the molecule is [Cl-].[Cl-].[S-]Cc1ccccn1.[S-]Cc1ccccn1.[Zr+4]. The molecule has 0 spiro atoms. The third-order valence-electron chi connectivity index (χ3n) is 1.75. The van der Waals surface area contributed by atoms with E-state index in [1.54, 1.807) is 12.4 Å². The predicted octanol–water partition coefficient (Wildman–Crippen LogP) is -3.74. The van der Waals surface area contributed by atoms with E-state index in [0.717, 1.165) is 11.4 Å². The molecule has 0 aliphatic rings. The van der Waals surface area contributed by atoms with Crippen LogP contribution in [0.25, 0.3) is 0 Å². The van der Waals surface area contributed by atoms with Crippen LogP contribution in [-0.2, 0) is 63.0 Å². The topological polar surface area (TPSA) is 25.8 Å². The first-order chi connectivity index (χ1) is 7.86. The van der Waals surface area contributed by atoms with Gasteiger partial charge in [-0.1, -0.05) is 12.1 Å². The van der Waals surface area contributed by atoms with Crippen LogP contribution in [0, 0.1) is 0 Å². The second kappa shape index (κ2) is 16.5. The van der Waals surface area contributed by atoms with E-state index in [1.807, 2.05) is 36.4 Å². The van der Waals surface area contributed by atoms with Gasteiger partial charge in [-0.15, -0.1) is 11.5 Å². The molecule has 0 saturated heterocycles. The Hall–Kier alpha value is 0.463. The van der Waals surface area contributed by atoms with E-state index in [0.29, 0.717) is 11.5 Å². The smallest absolute Gasteiger partial charge is 1.00 e. The Morgan fingerprint density at radius 2 is 1.11 bits per heavy atom. The van der Waals surface area contributed by atoms with Crippen molar-refractivity contribution in [2.75, 3.05) is 0 Å². The second-order valence-electron chi connectivity index (χ2n) is 2.93. The fourth-order valence-electron chi connectivity index (χ4n) is 0.967. The number of hydrogen-bond donors (Lipinski definition) is 0. The van der Waals surface area contributed by atoms with Crippen LogP contribution in [0.1, 0.15) is 11.4 Å². The minimum absolute atomic E-state index is 0. The first-order valence-corrected chi connectivity index (χ1v) is 5.98. The molecular formula is C12H12Cl2N2S2Zr. The van der Waals surface area contributed by atoms with Crippen molar-refractivity contribution in [1.82, 2.24) is 9.97 Å². The maximum atomic E-state index is 4.76. The minimum Gasteiger partial charge on any atom is -1.00 e. The number of pyridine rings is 2.